The molecule has 2 atom stereocenters. The Hall–Kier alpha value is -3.34. The summed E-state index contributed by atoms with van der Waals surface area (Å²) in [7, 11) is 1.26. The molecule has 1 rings (SSSR count). The molecule has 1 N–H and O–H groups in total. The molecule has 0 fully saturated rings. The van der Waals surface area contributed by atoms with Crippen molar-refractivity contribution < 1.29 is 47.6 Å². The fourth-order valence-electron chi connectivity index (χ4n) is 2.96. The van der Waals surface area contributed by atoms with Crippen LogP contribution in [0.4, 0.5) is 9.59 Å². The standard InChI is InChI=1S/C26H39NO10/c1-6-9-13-33-25(30)36-21-12-11-19(16-22(21)37-26(31)34-14-10-7-2)15-20(24(29)32-5)27-17-18(4)35-23(28)8-3/h11-12,16,18,20,27H,6-10,13-15,17H2,1-5H3/t18?,20-/m0/s1. The Kier molecular flexibility index (Phi) is 15.4. The monoisotopic (exact) mass is 525 g/mol. The molecule has 0 aliphatic carbocycles. The van der Waals surface area contributed by atoms with Crippen molar-refractivity contribution in [2.75, 3.05) is 26.9 Å². The van der Waals surface area contributed by atoms with Gasteiger partial charge in [-0.3, -0.25) is 9.59 Å². The van der Waals surface area contributed by atoms with Gasteiger partial charge in [-0.2, -0.15) is 0 Å². The summed E-state index contributed by atoms with van der Waals surface area (Å²) < 4.78 is 30.7. The van der Waals surface area contributed by atoms with Crippen molar-refractivity contribution in [2.45, 2.75) is 78.4 Å². The maximum absolute atomic E-state index is 12.4. The van der Waals surface area contributed by atoms with E-state index in [4.69, 9.17) is 28.4 Å². The Bertz CT molecular complexity index is 873. The van der Waals surface area contributed by atoms with Crippen molar-refractivity contribution in [3.8, 4) is 11.5 Å². The molecule has 0 amide bonds. The number of rotatable bonds is 16. The molecule has 1 aromatic rings. The molecule has 208 valence electrons. The van der Waals surface area contributed by atoms with Crippen LogP contribution in [0.25, 0.3) is 0 Å². The number of methoxy groups -OCH3 is 1. The molecule has 0 saturated carbocycles. The maximum atomic E-state index is 12.4. The van der Waals surface area contributed by atoms with Gasteiger partial charge in [-0.1, -0.05) is 39.7 Å². The minimum Gasteiger partial charge on any atom is -0.468 e. The van der Waals surface area contributed by atoms with E-state index in [-0.39, 0.29) is 50.1 Å². The Morgan fingerprint density at radius 3 is 2.03 bits per heavy atom. The fraction of sp³-hybridized carbons (Fsp3) is 0.615. The zero-order valence-corrected chi connectivity index (χ0v) is 22.3. The van der Waals surface area contributed by atoms with Gasteiger partial charge in [-0.25, -0.2) is 9.59 Å². The first-order chi connectivity index (χ1) is 17.7. The van der Waals surface area contributed by atoms with Gasteiger partial charge in [0.25, 0.3) is 0 Å². The Morgan fingerprint density at radius 2 is 1.49 bits per heavy atom. The first kappa shape index (κ1) is 31.7. The largest absolute Gasteiger partial charge is 0.513 e. The fourth-order valence-corrected chi connectivity index (χ4v) is 2.96. The number of esters is 2. The van der Waals surface area contributed by atoms with E-state index in [1.807, 2.05) is 13.8 Å². The second-order valence-electron chi connectivity index (χ2n) is 8.23. The molecular weight excluding hydrogens is 486 g/mol. The van der Waals surface area contributed by atoms with E-state index in [2.05, 4.69) is 5.32 Å². The summed E-state index contributed by atoms with van der Waals surface area (Å²) in [6.07, 6.45) is 1.05. The van der Waals surface area contributed by atoms with Crippen molar-refractivity contribution in [3.63, 3.8) is 0 Å². The highest BCUT2D eigenvalue weighted by Crippen LogP contribution is 2.30. The molecule has 11 heteroatoms. The number of nitrogens with one attached hydrogen (secondary N) is 1. The van der Waals surface area contributed by atoms with Crippen molar-refractivity contribution >= 4 is 24.2 Å². The van der Waals surface area contributed by atoms with Crippen LogP contribution in [0.15, 0.2) is 18.2 Å². The summed E-state index contributed by atoms with van der Waals surface area (Å²) in [5.41, 5.74) is 0.573. The van der Waals surface area contributed by atoms with Gasteiger partial charge in [0.15, 0.2) is 11.5 Å². The first-order valence-corrected chi connectivity index (χ1v) is 12.6. The molecule has 0 saturated heterocycles. The van der Waals surface area contributed by atoms with Crippen LogP contribution in [-0.2, 0) is 35.0 Å². The number of carbonyl (C=O) groups is 4. The molecule has 0 radical (unpaired) electrons. The quantitative estimate of drug-likeness (QED) is 0.143. The average Bonchev–Trinajstić information content (AvgIpc) is 2.87. The van der Waals surface area contributed by atoms with Gasteiger partial charge in [-0.15, -0.1) is 0 Å². The number of hydrogen-bond donors (Lipinski definition) is 1. The lowest BCUT2D eigenvalue weighted by atomic mass is 10.0. The Balaban J connectivity index is 3.03. The van der Waals surface area contributed by atoms with E-state index in [1.54, 1.807) is 19.9 Å². The maximum Gasteiger partial charge on any atom is 0.513 e. The van der Waals surface area contributed by atoms with E-state index in [9.17, 15) is 19.2 Å². The van der Waals surface area contributed by atoms with Crippen LogP contribution in [0, 0.1) is 0 Å². The predicted octanol–water partition coefficient (Wildman–Crippen LogP) is 4.33. The van der Waals surface area contributed by atoms with Crippen LogP contribution in [0.3, 0.4) is 0 Å². The van der Waals surface area contributed by atoms with Crippen molar-refractivity contribution in [1.82, 2.24) is 5.32 Å². The molecule has 0 spiro atoms. The molecule has 1 aromatic carbocycles. The summed E-state index contributed by atoms with van der Waals surface area (Å²) in [6, 6.07) is 3.73. The highest BCUT2D eigenvalue weighted by molar-refractivity contribution is 5.76. The zero-order valence-electron chi connectivity index (χ0n) is 22.3. The zero-order chi connectivity index (χ0) is 27.6. The normalized spacial score (nSPS) is 12.1. The van der Waals surface area contributed by atoms with Gasteiger partial charge < -0.3 is 33.7 Å². The summed E-state index contributed by atoms with van der Waals surface area (Å²) >= 11 is 0. The molecular formula is C26H39NO10. The van der Waals surface area contributed by atoms with Gasteiger partial charge in [0.1, 0.15) is 12.1 Å². The number of ether oxygens (including phenoxy) is 6. The molecule has 0 aliphatic rings. The summed E-state index contributed by atoms with van der Waals surface area (Å²) in [5, 5.41) is 3.03. The van der Waals surface area contributed by atoms with E-state index in [0.29, 0.717) is 18.4 Å². The van der Waals surface area contributed by atoms with Gasteiger partial charge in [0.05, 0.1) is 20.3 Å². The van der Waals surface area contributed by atoms with E-state index in [0.717, 1.165) is 12.8 Å². The van der Waals surface area contributed by atoms with Crippen LogP contribution in [0.1, 0.15) is 65.4 Å². The van der Waals surface area contributed by atoms with E-state index >= 15 is 0 Å². The third-order valence-electron chi connectivity index (χ3n) is 5.03. The lowest BCUT2D eigenvalue weighted by molar-refractivity contribution is -0.147. The lowest BCUT2D eigenvalue weighted by Gasteiger charge is -2.20. The van der Waals surface area contributed by atoms with Crippen molar-refractivity contribution in [3.05, 3.63) is 23.8 Å². The molecule has 37 heavy (non-hydrogen) atoms. The predicted molar refractivity (Wildman–Crippen MR) is 134 cm³/mol. The SMILES string of the molecule is CCCCOC(=O)Oc1ccc(C[C@H](NCC(C)OC(=O)CC)C(=O)OC)cc1OC(=O)OCCCC. The van der Waals surface area contributed by atoms with Crippen LogP contribution >= 0.6 is 0 Å². The number of carbonyl (C=O) groups excluding carboxylic acids is 4. The van der Waals surface area contributed by atoms with E-state index < -0.39 is 30.4 Å². The molecule has 0 bridgehead atoms. The van der Waals surface area contributed by atoms with E-state index in [1.165, 1.54) is 19.2 Å². The number of unbranched alkanes of at least 4 members (excludes halogenated alkanes) is 2. The van der Waals surface area contributed by atoms with Crippen molar-refractivity contribution in [1.29, 1.82) is 0 Å². The Morgan fingerprint density at radius 1 is 0.892 bits per heavy atom. The third kappa shape index (κ3) is 13.0. The van der Waals surface area contributed by atoms with Crippen molar-refractivity contribution in [2.24, 2.45) is 0 Å². The molecule has 0 aromatic heterocycles. The summed E-state index contributed by atoms with van der Waals surface area (Å²) in [4.78, 5) is 48.1. The molecule has 11 nitrogen and oxygen atoms in total. The van der Waals surface area contributed by atoms with Crippen LogP contribution in [0.5, 0.6) is 11.5 Å². The third-order valence-corrected chi connectivity index (χ3v) is 5.03. The lowest BCUT2D eigenvalue weighted by Crippen LogP contribution is -2.43. The summed E-state index contributed by atoms with van der Waals surface area (Å²) in [6.45, 7) is 7.89. The number of hydrogen-bond acceptors (Lipinski definition) is 11. The van der Waals surface area contributed by atoms with Gasteiger partial charge in [0.2, 0.25) is 0 Å². The second-order valence-corrected chi connectivity index (χ2v) is 8.23. The topological polar surface area (TPSA) is 136 Å². The average molecular weight is 526 g/mol. The first-order valence-electron chi connectivity index (χ1n) is 12.6. The molecule has 0 heterocycles. The van der Waals surface area contributed by atoms with Gasteiger partial charge >= 0.3 is 24.2 Å². The van der Waals surface area contributed by atoms with Gasteiger partial charge in [0, 0.05) is 13.0 Å². The smallest absolute Gasteiger partial charge is 0.468 e. The van der Waals surface area contributed by atoms with Crippen LogP contribution < -0.4 is 14.8 Å². The van der Waals surface area contributed by atoms with Crippen LogP contribution in [-0.4, -0.2) is 63.3 Å². The Labute approximate surface area is 218 Å². The highest BCUT2D eigenvalue weighted by Gasteiger charge is 2.23. The molecule has 0 aliphatic heterocycles. The van der Waals surface area contributed by atoms with Crippen LogP contribution in [0.2, 0.25) is 0 Å². The highest BCUT2D eigenvalue weighted by atomic mass is 16.7. The second kappa shape index (κ2) is 18.0. The van der Waals surface area contributed by atoms with Gasteiger partial charge in [-0.05, 0) is 43.9 Å². The number of benzene rings is 1. The summed E-state index contributed by atoms with van der Waals surface area (Å²) in [5.74, 6) is -0.990. The minimum atomic E-state index is -0.955. The minimum absolute atomic E-state index is 0.0413. The molecule has 1 unspecified atom stereocenters.